The van der Waals surface area contributed by atoms with Crippen LogP contribution in [0.15, 0.2) is 0 Å². The lowest BCUT2D eigenvalue weighted by molar-refractivity contribution is -0.111. The molecule has 78 valence electrons. The molecule has 0 saturated carbocycles. The molecule has 0 rings (SSSR count). The van der Waals surface area contributed by atoms with Crippen LogP contribution in [0.4, 0.5) is 0 Å². The van der Waals surface area contributed by atoms with E-state index in [4.69, 9.17) is 0 Å². The smallest absolute Gasteiger partial charge is 0.122 e. The number of carbonyl (C=O) groups excluding carboxylic acids is 1. The summed E-state index contributed by atoms with van der Waals surface area (Å²) < 4.78 is 0. The quantitative estimate of drug-likeness (QED) is 0.609. The Morgan fingerprint density at radius 1 is 1.15 bits per heavy atom. The molecule has 0 aromatic carbocycles. The maximum Gasteiger partial charge on any atom is 0.122 e. The fourth-order valence-electron chi connectivity index (χ4n) is 1.03. The minimum absolute atomic E-state index is 0.210. The van der Waals surface area contributed by atoms with Crippen LogP contribution in [0, 0.1) is 16.7 Å². The molecule has 0 aromatic heterocycles. The van der Waals surface area contributed by atoms with Crippen molar-refractivity contribution in [3.63, 3.8) is 0 Å². The molecular weight excluding hydrogens is 160 g/mol. The van der Waals surface area contributed by atoms with E-state index in [1.165, 1.54) is 0 Å². The first-order chi connectivity index (χ1) is 5.70. The number of carbonyl (C=O) groups is 1. The molecule has 0 aromatic rings. The molecule has 1 atom stereocenters. The van der Waals surface area contributed by atoms with E-state index >= 15 is 0 Å². The number of hydrogen-bond acceptors (Lipinski definition) is 1. The summed E-state index contributed by atoms with van der Waals surface area (Å²) in [7, 11) is 0. The van der Waals surface area contributed by atoms with Crippen LogP contribution in [0.25, 0.3) is 0 Å². The lowest BCUT2D eigenvalue weighted by Crippen LogP contribution is -2.30. The number of aldehydes is 1. The van der Waals surface area contributed by atoms with Gasteiger partial charge in [0.05, 0.1) is 0 Å². The van der Waals surface area contributed by atoms with Crippen LogP contribution in [0.1, 0.15) is 54.4 Å². The molecule has 1 heteroatoms. The minimum Gasteiger partial charge on any atom is -0.303 e. The maximum absolute atomic E-state index is 10.5. The average molecular weight is 184 g/mol. The summed E-state index contributed by atoms with van der Waals surface area (Å²) in [5.41, 5.74) is 0.625. The van der Waals surface area contributed by atoms with Crippen LogP contribution >= 0.6 is 0 Å². The third-order valence-corrected chi connectivity index (χ3v) is 3.49. The first-order valence-electron chi connectivity index (χ1n) is 5.16. The topological polar surface area (TPSA) is 17.1 Å². The average Bonchev–Trinajstić information content (AvgIpc) is 1.98. The van der Waals surface area contributed by atoms with Gasteiger partial charge in [0.1, 0.15) is 6.29 Å². The van der Waals surface area contributed by atoms with Crippen molar-refractivity contribution in [1.82, 2.24) is 0 Å². The predicted octanol–water partition coefficient (Wildman–Crippen LogP) is 3.67. The van der Waals surface area contributed by atoms with Gasteiger partial charge in [-0.1, -0.05) is 41.5 Å². The van der Waals surface area contributed by atoms with Crippen molar-refractivity contribution in [2.45, 2.75) is 54.4 Å². The second kappa shape index (κ2) is 4.26. The Morgan fingerprint density at radius 3 is 1.92 bits per heavy atom. The molecular formula is C12H24O. The highest BCUT2D eigenvalue weighted by Crippen LogP contribution is 2.42. The number of rotatable bonds is 4. The third kappa shape index (κ3) is 3.93. The van der Waals surface area contributed by atoms with Crippen molar-refractivity contribution in [1.29, 1.82) is 0 Å². The largest absolute Gasteiger partial charge is 0.303 e. The van der Waals surface area contributed by atoms with Gasteiger partial charge in [-0.3, -0.25) is 0 Å². The zero-order valence-electron chi connectivity index (χ0n) is 9.98. The van der Waals surface area contributed by atoms with Gasteiger partial charge in [0.15, 0.2) is 0 Å². The van der Waals surface area contributed by atoms with Gasteiger partial charge in [-0.05, 0) is 23.7 Å². The lowest BCUT2D eigenvalue weighted by Gasteiger charge is -2.39. The maximum atomic E-state index is 10.5. The van der Waals surface area contributed by atoms with Crippen molar-refractivity contribution >= 4 is 6.29 Å². The first kappa shape index (κ1) is 12.7. The highest BCUT2D eigenvalue weighted by atomic mass is 16.1. The van der Waals surface area contributed by atoms with Gasteiger partial charge in [0, 0.05) is 5.92 Å². The normalized spacial score (nSPS) is 15.5. The molecule has 0 aliphatic rings. The van der Waals surface area contributed by atoms with Crippen molar-refractivity contribution in [3.05, 3.63) is 0 Å². The Kier molecular flexibility index (Phi) is 4.15. The van der Waals surface area contributed by atoms with E-state index < -0.39 is 0 Å². The third-order valence-electron chi connectivity index (χ3n) is 3.49. The van der Waals surface area contributed by atoms with E-state index in [2.05, 4.69) is 34.6 Å². The van der Waals surface area contributed by atoms with Crippen LogP contribution in [0.2, 0.25) is 0 Å². The Hall–Kier alpha value is -0.330. The summed E-state index contributed by atoms with van der Waals surface area (Å²) in [5, 5.41) is 0. The zero-order valence-corrected chi connectivity index (χ0v) is 9.98. The molecule has 0 saturated heterocycles. The summed E-state index contributed by atoms with van der Waals surface area (Å²) in [4.78, 5) is 10.5. The molecule has 0 N–H and O–H groups in total. The minimum atomic E-state index is 0.210. The molecule has 0 heterocycles. The molecule has 0 amide bonds. The van der Waals surface area contributed by atoms with Gasteiger partial charge in [0.25, 0.3) is 0 Å². The fourth-order valence-corrected chi connectivity index (χ4v) is 1.03. The van der Waals surface area contributed by atoms with Crippen LogP contribution in [0.5, 0.6) is 0 Å². The SMILES string of the molecule is CC(C=O)CCC(C)(C)C(C)(C)C. The Balaban J connectivity index is 4.11. The highest BCUT2D eigenvalue weighted by Gasteiger charge is 2.32. The standard InChI is InChI=1S/C12H24O/c1-10(9-13)7-8-12(5,6)11(2,3)4/h9-10H,7-8H2,1-6H3. The zero-order chi connectivity index (χ0) is 10.7. The van der Waals surface area contributed by atoms with Crippen LogP contribution in [-0.4, -0.2) is 6.29 Å². The summed E-state index contributed by atoms with van der Waals surface area (Å²) in [5.74, 6) is 0.210. The van der Waals surface area contributed by atoms with Gasteiger partial charge in [-0.15, -0.1) is 0 Å². The second-order valence-corrected chi connectivity index (χ2v) is 5.79. The van der Waals surface area contributed by atoms with E-state index in [0.717, 1.165) is 19.1 Å². The van der Waals surface area contributed by atoms with Crippen molar-refractivity contribution in [2.75, 3.05) is 0 Å². The van der Waals surface area contributed by atoms with E-state index in [-0.39, 0.29) is 5.92 Å². The molecule has 0 bridgehead atoms. The van der Waals surface area contributed by atoms with Gasteiger partial charge >= 0.3 is 0 Å². The molecule has 0 spiro atoms. The summed E-state index contributed by atoms with van der Waals surface area (Å²) in [6.45, 7) is 13.3. The van der Waals surface area contributed by atoms with Crippen molar-refractivity contribution in [3.8, 4) is 0 Å². The Labute approximate surface area is 82.9 Å². The summed E-state index contributed by atoms with van der Waals surface area (Å²) in [6, 6.07) is 0. The molecule has 0 aliphatic heterocycles. The predicted molar refractivity (Wildman–Crippen MR) is 57.7 cm³/mol. The van der Waals surface area contributed by atoms with Crippen LogP contribution in [-0.2, 0) is 4.79 Å². The summed E-state index contributed by atoms with van der Waals surface area (Å²) >= 11 is 0. The van der Waals surface area contributed by atoms with Gasteiger partial charge in [0.2, 0.25) is 0 Å². The van der Waals surface area contributed by atoms with Crippen LogP contribution < -0.4 is 0 Å². The van der Waals surface area contributed by atoms with Gasteiger partial charge in [-0.25, -0.2) is 0 Å². The van der Waals surface area contributed by atoms with E-state index in [0.29, 0.717) is 10.8 Å². The molecule has 13 heavy (non-hydrogen) atoms. The molecule has 1 unspecified atom stereocenters. The molecule has 1 nitrogen and oxygen atoms in total. The highest BCUT2D eigenvalue weighted by molar-refractivity contribution is 5.52. The first-order valence-corrected chi connectivity index (χ1v) is 5.16. The second-order valence-electron chi connectivity index (χ2n) is 5.79. The Morgan fingerprint density at radius 2 is 1.62 bits per heavy atom. The van der Waals surface area contributed by atoms with Crippen molar-refractivity contribution < 1.29 is 4.79 Å². The number of hydrogen-bond donors (Lipinski definition) is 0. The molecule has 0 aliphatic carbocycles. The van der Waals surface area contributed by atoms with E-state index in [1.807, 2.05) is 6.92 Å². The monoisotopic (exact) mass is 184 g/mol. The lowest BCUT2D eigenvalue weighted by atomic mass is 9.66. The Bertz CT molecular complexity index is 162. The van der Waals surface area contributed by atoms with Gasteiger partial charge in [-0.2, -0.15) is 0 Å². The van der Waals surface area contributed by atoms with E-state index in [1.54, 1.807) is 0 Å². The van der Waals surface area contributed by atoms with Gasteiger partial charge < -0.3 is 4.79 Å². The van der Waals surface area contributed by atoms with Crippen LogP contribution in [0.3, 0.4) is 0 Å². The molecule has 0 radical (unpaired) electrons. The van der Waals surface area contributed by atoms with Crippen molar-refractivity contribution in [2.24, 2.45) is 16.7 Å². The summed E-state index contributed by atoms with van der Waals surface area (Å²) in [6.07, 6.45) is 3.18. The van der Waals surface area contributed by atoms with E-state index in [9.17, 15) is 4.79 Å². The molecule has 0 fully saturated rings. The fraction of sp³-hybridized carbons (Fsp3) is 0.917.